The average molecular weight is 548 g/mol. The van der Waals surface area contributed by atoms with Crippen LogP contribution in [0.2, 0.25) is 0 Å². The molecule has 0 unspecified atom stereocenters. The summed E-state index contributed by atoms with van der Waals surface area (Å²) in [5.41, 5.74) is 5.42. The maximum atomic E-state index is 13.1. The second kappa shape index (κ2) is 10.9. The lowest BCUT2D eigenvalue weighted by Crippen LogP contribution is -2.31. The first-order valence-corrected chi connectivity index (χ1v) is 13.2. The number of rotatable bonds is 8. The van der Waals surface area contributed by atoms with Crippen molar-refractivity contribution in [3.8, 4) is 5.69 Å². The predicted molar refractivity (Wildman–Crippen MR) is 153 cm³/mol. The van der Waals surface area contributed by atoms with Crippen LogP contribution in [-0.2, 0) is 19.3 Å². The van der Waals surface area contributed by atoms with Gasteiger partial charge in [-0.05, 0) is 87.1 Å². The fraction of sp³-hybridized carbons (Fsp3) is 0.281. The summed E-state index contributed by atoms with van der Waals surface area (Å²) in [5, 5.41) is 1.66. The van der Waals surface area contributed by atoms with Crippen LogP contribution in [0.4, 0.5) is 13.2 Å². The number of aryl methyl sites for hydroxylation is 2. The Hall–Kier alpha value is -3.88. The fourth-order valence-electron chi connectivity index (χ4n) is 5.02. The molecule has 3 aromatic carbocycles. The molecule has 5 nitrogen and oxygen atoms in total. The van der Waals surface area contributed by atoms with Gasteiger partial charge in [0.05, 0.1) is 22.7 Å². The van der Waals surface area contributed by atoms with Crippen molar-refractivity contribution in [2.75, 3.05) is 27.2 Å². The zero-order valence-electron chi connectivity index (χ0n) is 23.0. The summed E-state index contributed by atoms with van der Waals surface area (Å²) in [4.78, 5) is 17.4. The van der Waals surface area contributed by atoms with Crippen molar-refractivity contribution in [2.24, 2.45) is 0 Å². The number of nitrogens with zero attached hydrogens (tertiary/aromatic N) is 3. The monoisotopic (exact) mass is 547 g/mol. The van der Waals surface area contributed by atoms with Crippen LogP contribution in [0.5, 0.6) is 0 Å². The number of aromatic nitrogens is 1. The minimum absolute atomic E-state index is 0.000584. The second-order valence-corrected chi connectivity index (χ2v) is 10.6. The van der Waals surface area contributed by atoms with Gasteiger partial charge in [0, 0.05) is 49.0 Å². The summed E-state index contributed by atoms with van der Waals surface area (Å²) in [5.74, 6) is 0. The molecule has 0 amide bonds. The molecule has 0 radical (unpaired) electrons. The summed E-state index contributed by atoms with van der Waals surface area (Å²) >= 11 is 0. The summed E-state index contributed by atoms with van der Waals surface area (Å²) in [6, 6.07) is 16.9. The molecule has 208 valence electrons. The normalized spacial score (nSPS) is 12.3. The molecule has 2 heterocycles. The van der Waals surface area contributed by atoms with Gasteiger partial charge in [-0.1, -0.05) is 18.2 Å². The summed E-state index contributed by atoms with van der Waals surface area (Å²) in [6.45, 7) is 6.63. The Morgan fingerprint density at radius 2 is 1.45 bits per heavy atom. The van der Waals surface area contributed by atoms with Crippen LogP contribution in [0.25, 0.3) is 27.6 Å². The highest BCUT2D eigenvalue weighted by atomic mass is 19.4. The Morgan fingerprint density at radius 3 is 2.12 bits per heavy atom. The van der Waals surface area contributed by atoms with Gasteiger partial charge in [0.1, 0.15) is 5.58 Å². The fourth-order valence-corrected chi connectivity index (χ4v) is 5.02. The smallest absolute Gasteiger partial charge is 0.416 e. The molecule has 5 rings (SSSR count). The van der Waals surface area contributed by atoms with Gasteiger partial charge in [-0.3, -0.25) is 4.79 Å². The van der Waals surface area contributed by atoms with Gasteiger partial charge in [0.2, 0.25) is 0 Å². The van der Waals surface area contributed by atoms with Crippen LogP contribution < -0.4 is 5.43 Å². The van der Waals surface area contributed by atoms with E-state index in [0.29, 0.717) is 35.3 Å². The first-order valence-electron chi connectivity index (χ1n) is 13.2. The van der Waals surface area contributed by atoms with E-state index in [1.807, 2.05) is 75.1 Å². The largest absolute Gasteiger partial charge is 0.464 e. The van der Waals surface area contributed by atoms with Crippen LogP contribution in [0, 0.1) is 13.8 Å². The summed E-state index contributed by atoms with van der Waals surface area (Å²) < 4.78 is 46.9. The highest BCUT2D eigenvalue weighted by molar-refractivity contribution is 5.85. The van der Waals surface area contributed by atoms with E-state index in [1.54, 1.807) is 6.26 Å². The van der Waals surface area contributed by atoms with Crippen molar-refractivity contribution in [3.05, 3.63) is 111 Å². The van der Waals surface area contributed by atoms with Gasteiger partial charge in [-0.2, -0.15) is 13.2 Å². The Kier molecular flexibility index (Phi) is 7.57. The molecule has 0 aliphatic carbocycles. The number of benzene rings is 3. The van der Waals surface area contributed by atoms with Crippen LogP contribution >= 0.6 is 0 Å². The van der Waals surface area contributed by atoms with E-state index in [0.717, 1.165) is 52.8 Å². The number of fused-ring (bicyclic) bond motifs is 2. The van der Waals surface area contributed by atoms with Crippen LogP contribution in [0.3, 0.4) is 0 Å². The Bertz CT molecular complexity index is 1720. The first kappa shape index (κ1) is 27.7. The number of alkyl halides is 3. The van der Waals surface area contributed by atoms with Crippen molar-refractivity contribution in [1.29, 1.82) is 0 Å². The third-order valence-electron chi connectivity index (χ3n) is 7.47. The van der Waals surface area contributed by atoms with E-state index in [-0.39, 0.29) is 5.43 Å². The first-order chi connectivity index (χ1) is 19.0. The van der Waals surface area contributed by atoms with Crippen LogP contribution in [0.1, 0.15) is 27.8 Å². The van der Waals surface area contributed by atoms with Gasteiger partial charge in [0.25, 0.3) is 0 Å². The molecular formula is C32H32F3N3O2. The number of likely N-dealkylation sites (N-methyl/N-ethyl adjacent to an activating group) is 2. The van der Waals surface area contributed by atoms with Crippen molar-refractivity contribution in [3.63, 3.8) is 0 Å². The number of hydrogen-bond acceptors (Lipinski definition) is 4. The molecule has 0 fully saturated rings. The van der Waals surface area contributed by atoms with Gasteiger partial charge < -0.3 is 18.8 Å². The molecule has 0 bridgehead atoms. The molecule has 0 saturated heterocycles. The van der Waals surface area contributed by atoms with Crippen molar-refractivity contribution >= 4 is 21.9 Å². The molecule has 0 saturated carbocycles. The Labute approximate surface area is 231 Å². The summed E-state index contributed by atoms with van der Waals surface area (Å²) in [6.07, 6.45) is -0.804. The maximum absolute atomic E-state index is 13.1. The van der Waals surface area contributed by atoms with E-state index in [2.05, 4.69) is 9.80 Å². The maximum Gasteiger partial charge on any atom is 0.416 e. The van der Waals surface area contributed by atoms with Gasteiger partial charge in [-0.15, -0.1) is 0 Å². The lowest BCUT2D eigenvalue weighted by molar-refractivity contribution is -0.137. The van der Waals surface area contributed by atoms with E-state index in [9.17, 15) is 18.0 Å². The minimum Gasteiger partial charge on any atom is -0.464 e. The number of para-hydroxylation sites is 1. The third kappa shape index (κ3) is 5.69. The molecule has 40 heavy (non-hydrogen) atoms. The predicted octanol–water partition coefficient (Wildman–Crippen LogP) is 6.94. The third-order valence-corrected chi connectivity index (χ3v) is 7.47. The highest BCUT2D eigenvalue weighted by Crippen LogP contribution is 2.31. The van der Waals surface area contributed by atoms with Gasteiger partial charge in [-0.25, -0.2) is 0 Å². The molecule has 8 heteroatoms. The van der Waals surface area contributed by atoms with Crippen molar-refractivity contribution in [2.45, 2.75) is 33.1 Å². The molecule has 0 atom stereocenters. The molecule has 0 spiro atoms. The van der Waals surface area contributed by atoms with Crippen molar-refractivity contribution in [1.82, 2.24) is 14.4 Å². The number of hydrogen-bond donors (Lipinski definition) is 0. The summed E-state index contributed by atoms with van der Waals surface area (Å²) in [7, 11) is 4.02. The lowest BCUT2D eigenvalue weighted by atomic mass is 10.1. The molecule has 2 aromatic heterocycles. The van der Waals surface area contributed by atoms with Crippen LogP contribution in [0.15, 0.2) is 82.3 Å². The molecule has 0 aliphatic rings. The zero-order valence-corrected chi connectivity index (χ0v) is 23.0. The Balaban J connectivity index is 1.27. The standard InChI is InChI=1S/C32H32F3N3O2/c1-21-15-28-30(16-22(21)2)40-20-24(31(28)39)18-37(4)14-13-36(3)17-23-19-38(29-8-6-5-7-27(23)29)26-11-9-25(10-12-26)32(33,34)35/h5-12,15-16,19-20H,13-14,17-18H2,1-4H3. The van der Waals surface area contributed by atoms with Gasteiger partial charge >= 0.3 is 6.18 Å². The van der Waals surface area contributed by atoms with E-state index in [4.69, 9.17) is 4.42 Å². The van der Waals surface area contributed by atoms with E-state index < -0.39 is 11.7 Å². The molecule has 0 aliphatic heterocycles. The van der Waals surface area contributed by atoms with E-state index in [1.165, 1.54) is 12.1 Å². The van der Waals surface area contributed by atoms with Gasteiger partial charge in [0.15, 0.2) is 5.43 Å². The highest BCUT2D eigenvalue weighted by Gasteiger charge is 2.30. The topological polar surface area (TPSA) is 41.6 Å². The molecule has 5 aromatic rings. The van der Waals surface area contributed by atoms with Crippen molar-refractivity contribution < 1.29 is 17.6 Å². The Morgan fingerprint density at radius 1 is 0.825 bits per heavy atom. The average Bonchev–Trinajstić information content (AvgIpc) is 3.28. The van der Waals surface area contributed by atoms with E-state index >= 15 is 0 Å². The second-order valence-electron chi connectivity index (χ2n) is 10.6. The number of halogens is 3. The molecule has 0 N–H and O–H groups in total. The SMILES string of the molecule is Cc1cc2occ(CN(C)CCN(C)Cc3cn(-c4ccc(C(F)(F)F)cc4)c4ccccc34)c(=O)c2cc1C. The molecular weight excluding hydrogens is 515 g/mol. The quantitative estimate of drug-likeness (QED) is 0.211. The minimum atomic E-state index is -4.37. The lowest BCUT2D eigenvalue weighted by Gasteiger charge is -2.21. The zero-order chi connectivity index (χ0) is 28.6. The van der Waals surface area contributed by atoms with Crippen LogP contribution in [-0.4, -0.2) is 41.6 Å².